The topological polar surface area (TPSA) is 170 Å². The molecule has 39 heavy (non-hydrogen) atoms. The number of anilines is 2. The van der Waals surface area contributed by atoms with E-state index in [1.54, 1.807) is 41.3 Å². The zero-order chi connectivity index (χ0) is 27.6. The molecule has 0 aliphatic carbocycles. The molecule has 1 unspecified atom stereocenters. The van der Waals surface area contributed by atoms with Crippen LogP contribution >= 0.6 is 0 Å². The molecule has 1 aliphatic heterocycles. The number of benzene rings is 1. The van der Waals surface area contributed by atoms with Gasteiger partial charge in [0.15, 0.2) is 11.3 Å². The van der Waals surface area contributed by atoms with Crippen molar-refractivity contribution >= 4 is 44.3 Å². The minimum absolute atomic E-state index is 0.0805. The maximum Gasteiger partial charge on any atom is 0.307 e. The van der Waals surface area contributed by atoms with Gasteiger partial charge in [-0.05, 0) is 24.6 Å². The summed E-state index contributed by atoms with van der Waals surface area (Å²) >= 11 is 0. The van der Waals surface area contributed by atoms with Crippen molar-refractivity contribution in [2.45, 2.75) is 38.9 Å². The van der Waals surface area contributed by atoms with E-state index in [4.69, 9.17) is 9.15 Å². The molecule has 1 saturated heterocycles. The fourth-order valence-electron chi connectivity index (χ4n) is 4.26. The van der Waals surface area contributed by atoms with Gasteiger partial charge in [0.1, 0.15) is 6.26 Å². The molecule has 1 aliphatic rings. The van der Waals surface area contributed by atoms with Gasteiger partial charge in [-0.3, -0.25) is 14.3 Å². The van der Waals surface area contributed by atoms with Gasteiger partial charge in [0.05, 0.1) is 42.1 Å². The molecule has 0 radical (unpaired) electrons. The molecule has 5 rings (SSSR count). The summed E-state index contributed by atoms with van der Waals surface area (Å²) in [5, 5.41) is 11.3. The summed E-state index contributed by atoms with van der Waals surface area (Å²) in [5.74, 6) is -0.525. The summed E-state index contributed by atoms with van der Waals surface area (Å²) in [6.07, 6.45) is 6.51. The van der Waals surface area contributed by atoms with Crippen LogP contribution in [-0.2, 0) is 32.6 Å². The number of pyridine rings is 1. The number of sulfonamides is 1. The summed E-state index contributed by atoms with van der Waals surface area (Å²) < 4.78 is 37.6. The van der Waals surface area contributed by atoms with Crippen LogP contribution in [0.2, 0.25) is 0 Å². The Balaban J connectivity index is 1.35. The number of hydrogen-bond donors (Lipinski definition) is 3. The first kappa shape index (κ1) is 26.2. The highest BCUT2D eigenvalue weighted by Crippen LogP contribution is 2.34. The number of oxazole rings is 1. The maximum absolute atomic E-state index is 12.8. The van der Waals surface area contributed by atoms with Crippen molar-refractivity contribution in [1.29, 1.82) is 0 Å². The van der Waals surface area contributed by atoms with Gasteiger partial charge in [0, 0.05) is 37.4 Å². The van der Waals surface area contributed by atoms with Crippen molar-refractivity contribution in [1.82, 2.24) is 25.1 Å². The van der Waals surface area contributed by atoms with Crippen molar-refractivity contribution in [3.63, 3.8) is 0 Å². The van der Waals surface area contributed by atoms with E-state index in [1.807, 2.05) is 6.92 Å². The van der Waals surface area contributed by atoms with Crippen LogP contribution in [0.5, 0.6) is 0 Å². The first-order valence-electron chi connectivity index (χ1n) is 12.3. The highest BCUT2D eigenvalue weighted by molar-refractivity contribution is 7.92. The third-order valence-corrected chi connectivity index (χ3v) is 6.74. The van der Waals surface area contributed by atoms with Gasteiger partial charge in [-0.15, -0.1) is 0 Å². The Morgan fingerprint density at radius 2 is 2.00 bits per heavy atom. The molecular formula is C25H27N7O6S. The third kappa shape index (κ3) is 6.00. The molecule has 13 nitrogen and oxygen atoms in total. The number of cyclic esters (lactones) is 1. The van der Waals surface area contributed by atoms with Gasteiger partial charge in [-0.2, -0.15) is 5.10 Å². The summed E-state index contributed by atoms with van der Waals surface area (Å²) in [4.78, 5) is 33.6. The zero-order valence-corrected chi connectivity index (χ0v) is 22.1. The van der Waals surface area contributed by atoms with E-state index in [-0.39, 0.29) is 36.6 Å². The molecular weight excluding hydrogens is 526 g/mol. The number of aryl methyl sites for hydroxylation is 1. The Morgan fingerprint density at radius 3 is 2.72 bits per heavy atom. The smallest absolute Gasteiger partial charge is 0.307 e. The zero-order valence-electron chi connectivity index (χ0n) is 21.3. The third-order valence-electron chi connectivity index (χ3n) is 6.13. The van der Waals surface area contributed by atoms with Crippen molar-refractivity contribution in [3.8, 4) is 11.5 Å². The number of esters is 1. The quantitative estimate of drug-likeness (QED) is 0.262. The van der Waals surface area contributed by atoms with Crippen molar-refractivity contribution in [3.05, 3.63) is 54.2 Å². The number of carbonyl (C=O) groups excluding carboxylic acids is 2. The Labute approximate surface area is 224 Å². The maximum atomic E-state index is 12.8. The number of nitrogens with zero attached hydrogens (tertiary/aromatic N) is 4. The molecule has 14 heteroatoms. The molecule has 3 N–H and O–H groups in total. The first-order chi connectivity index (χ1) is 18.7. The van der Waals surface area contributed by atoms with Crippen LogP contribution in [-0.4, -0.2) is 58.9 Å². The number of aromatic nitrogens is 4. The lowest BCUT2D eigenvalue weighted by molar-refractivity contribution is -0.147. The van der Waals surface area contributed by atoms with Crippen molar-refractivity contribution in [2.75, 3.05) is 22.9 Å². The molecule has 1 fully saturated rings. The number of carbonyl (C=O) groups is 2. The number of rotatable bonds is 9. The van der Waals surface area contributed by atoms with E-state index in [9.17, 15) is 18.0 Å². The number of ether oxygens (including phenoxy) is 1. The summed E-state index contributed by atoms with van der Waals surface area (Å²) in [6, 6.07) is 6.48. The second-order valence-corrected chi connectivity index (χ2v) is 10.8. The Morgan fingerprint density at radius 1 is 1.21 bits per heavy atom. The van der Waals surface area contributed by atoms with Crippen LogP contribution in [0.3, 0.4) is 0 Å². The van der Waals surface area contributed by atoms with Crippen LogP contribution < -0.4 is 15.4 Å². The highest BCUT2D eigenvalue weighted by Gasteiger charge is 2.25. The minimum atomic E-state index is -3.37. The standard InChI is InChI=1S/C25H27N7O6S/c1-3-32-23-18(13-28-32)22(29-17-8-9-37-21(33)10-17)19(12-26-23)25-30-20(14-38-25)24(34)27-11-15-4-6-16(7-5-15)31-39(2,35)36/h4-7,12-14,17,31H,3,8-11H2,1-2H3,(H,26,29)(H,27,34). The fraction of sp³-hybridized carbons (Fsp3) is 0.320. The van der Waals surface area contributed by atoms with E-state index < -0.39 is 15.9 Å². The number of amides is 1. The van der Waals surface area contributed by atoms with E-state index in [1.165, 1.54) is 6.26 Å². The number of fused-ring (bicyclic) bond motifs is 1. The summed E-state index contributed by atoms with van der Waals surface area (Å²) in [6.45, 7) is 3.13. The second-order valence-electron chi connectivity index (χ2n) is 9.09. The Kier molecular flexibility index (Phi) is 7.19. The summed E-state index contributed by atoms with van der Waals surface area (Å²) in [5.41, 5.74) is 3.15. The molecule has 1 amide bonds. The van der Waals surface area contributed by atoms with Gasteiger partial charge in [-0.25, -0.2) is 23.1 Å². The Hall–Kier alpha value is -4.46. The lowest BCUT2D eigenvalue weighted by atomic mass is 10.1. The van der Waals surface area contributed by atoms with E-state index in [0.717, 1.165) is 17.2 Å². The van der Waals surface area contributed by atoms with E-state index in [2.05, 4.69) is 30.4 Å². The molecule has 1 atom stereocenters. The van der Waals surface area contributed by atoms with Crippen molar-refractivity contribution < 1.29 is 27.2 Å². The van der Waals surface area contributed by atoms with Crippen LogP contribution in [0.4, 0.5) is 11.4 Å². The largest absolute Gasteiger partial charge is 0.466 e. The fourth-order valence-corrected chi connectivity index (χ4v) is 4.82. The Bertz CT molecular complexity index is 1630. The molecule has 0 spiro atoms. The van der Waals surface area contributed by atoms with Gasteiger partial charge in [0.25, 0.3) is 5.91 Å². The molecule has 3 aromatic heterocycles. The van der Waals surface area contributed by atoms with Crippen LogP contribution in [0.1, 0.15) is 35.8 Å². The first-order valence-corrected chi connectivity index (χ1v) is 14.2. The van der Waals surface area contributed by atoms with Crippen LogP contribution in [0.25, 0.3) is 22.5 Å². The predicted molar refractivity (Wildman–Crippen MR) is 142 cm³/mol. The lowest BCUT2D eigenvalue weighted by Gasteiger charge is -2.24. The lowest BCUT2D eigenvalue weighted by Crippen LogP contribution is -2.31. The number of hydrogen-bond acceptors (Lipinski definition) is 10. The van der Waals surface area contributed by atoms with Gasteiger partial charge in [-0.1, -0.05) is 12.1 Å². The van der Waals surface area contributed by atoms with Gasteiger partial charge >= 0.3 is 5.97 Å². The normalized spacial score (nSPS) is 15.6. The SMILES string of the molecule is CCn1ncc2c(NC3CCOC(=O)C3)c(-c3nc(C(=O)NCc4ccc(NS(C)(=O)=O)cc4)co3)cnc21. The summed E-state index contributed by atoms with van der Waals surface area (Å²) in [7, 11) is -3.37. The monoisotopic (exact) mass is 553 g/mol. The molecule has 0 bridgehead atoms. The van der Waals surface area contributed by atoms with E-state index >= 15 is 0 Å². The van der Waals surface area contributed by atoms with Crippen LogP contribution in [0.15, 0.2) is 47.3 Å². The van der Waals surface area contributed by atoms with Crippen LogP contribution in [0, 0.1) is 0 Å². The highest BCUT2D eigenvalue weighted by atomic mass is 32.2. The molecule has 4 heterocycles. The number of nitrogens with one attached hydrogen (secondary N) is 3. The van der Waals surface area contributed by atoms with Crippen molar-refractivity contribution in [2.24, 2.45) is 0 Å². The average Bonchev–Trinajstić information content (AvgIpc) is 3.55. The molecule has 4 aromatic rings. The predicted octanol–water partition coefficient (Wildman–Crippen LogP) is 2.53. The molecule has 0 saturated carbocycles. The molecule has 1 aromatic carbocycles. The minimum Gasteiger partial charge on any atom is -0.466 e. The second kappa shape index (κ2) is 10.7. The average molecular weight is 554 g/mol. The van der Waals surface area contributed by atoms with Gasteiger partial charge < -0.3 is 19.8 Å². The van der Waals surface area contributed by atoms with Gasteiger partial charge in [0.2, 0.25) is 15.9 Å². The van der Waals surface area contributed by atoms with E-state index in [0.29, 0.717) is 42.2 Å². The molecule has 204 valence electrons.